The molecule has 4 nitrogen and oxygen atoms in total. The summed E-state index contributed by atoms with van der Waals surface area (Å²) in [6.07, 6.45) is 6.77. The van der Waals surface area contributed by atoms with E-state index in [2.05, 4.69) is 4.98 Å². The van der Waals surface area contributed by atoms with Crippen LogP contribution in [0.3, 0.4) is 0 Å². The Balaban J connectivity index is 2.24. The topological polar surface area (TPSA) is 58.9 Å². The van der Waals surface area contributed by atoms with Crippen LogP contribution in [-0.4, -0.2) is 9.91 Å². The van der Waals surface area contributed by atoms with Gasteiger partial charge in [-0.2, -0.15) is 0 Å². The molecule has 0 amide bonds. The van der Waals surface area contributed by atoms with Crippen LogP contribution >= 0.6 is 0 Å². The molecule has 94 valence electrons. The predicted molar refractivity (Wildman–Crippen MR) is 70.8 cm³/mol. The van der Waals surface area contributed by atoms with Gasteiger partial charge in [0.25, 0.3) is 5.69 Å². The summed E-state index contributed by atoms with van der Waals surface area (Å²) in [4.78, 5) is 14.3. The number of H-pyrrole nitrogens is 1. The third-order valence-corrected chi connectivity index (χ3v) is 3.79. The number of hydrogen-bond acceptors (Lipinski definition) is 2. The Morgan fingerprint density at radius 1 is 1.11 bits per heavy atom. The van der Waals surface area contributed by atoms with Gasteiger partial charge in [0, 0.05) is 11.8 Å². The molecule has 2 aromatic rings. The molecule has 0 spiro atoms. The molecule has 1 aromatic heterocycles. The molecule has 0 aliphatic heterocycles. The molecule has 0 atom stereocenters. The molecule has 0 unspecified atom stereocenters. The molecule has 0 fully saturated rings. The highest BCUT2D eigenvalue weighted by Gasteiger charge is 2.20. The summed E-state index contributed by atoms with van der Waals surface area (Å²) >= 11 is 0. The Hall–Kier alpha value is -1.84. The van der Waals surface area contributed by atoms with Gasteiger partial charge in [0.1, 0.15) is 0 Å². The summed E-state index contributed by atoms with van der Waals surface area (Å²) < 4.78 is 0. The van der Waals surface area contributed by atoms with Gasteiger partial charge in [-0.25, -0.2) is 0 Å². The van der Waals surface area contributed by atoms with E-state index in [1.54, 1.807) is 12.1 Å². The van der Waals surface area contributed by atoms with E-state index in [9.17, 15) is 10.1 Å². The maximum absolute atomic E-state index is 11.1. The van der Waals surface area contributed by atoms with Crippen LogP contribution in [0, 0.1) is 10.1 Å². The maximum atomic E-state index is 11.1. The molecular formula is C14H16N2O2. The molecule has 3 rings (SSSR count). The monoisotopic (exact) mass is 244 g/mol. The van der Waals surface area contributed by atoms with Crippen molar-refractivity contribution in [1.82, 2.24) is 4.98 Å². The van der Waals surface area contributed by atoms with E-state index in [0.717, 1.165) is 30.2 Å². The Morgan fingerprint density at radius 2 is 1.89 bits per heavy atom. The molecule has 0 radical (unpaired) electrons. The highest BCUT2D eigenvalue weighted by Crippen LogP contribution is 2.33. The Morgan fingerprint density at radius 3 is 2.67 bits per heavy atom. The van der Waals surface area contributed by atoms with Crippen LogP contribution in [0.1, 0.15) is 36.9 Å². The lowest BCUT2D eigenvalue weighted by Gasteiger charge is -2.09. The van der Waals surface area contributed by atoms with Gasteiger partial charge in [0.05, 0.1) is 15.8 Å². The van der Waals surface area contributed by atoms with Crippen LogP contribution in [0.4, 0.5) is 5.69 Å². The highest BCUT2D eigenvalue weighted by molar-refractivity contribution is 5.93. The van der Waals surface area contributed by atoms with Gasteiger partial charge in [-0.15, -0.1) is 0 Å². The summed E-state index contributed by atoms with van der Waals surface area (Å²) in [5.41, 5.74) is 3.54. The number of nitrogens with one attached hydrogen (secondary N) is 1. The van der Waals surface area contributed by atoms with Crippen molar-refractivity contribution >= 4 is 16.6 Å². The molecule has 1 aliphatic carbocycles. The van der Waals surface area contributed by atoms with Crippen LogP contribution in [0.5, 0.6) is 0 Å². The zero-order valence-electron chi connectivity index (χ0n) is 10.2. The average molecular weight is 244 g/mol. The number of hydrogen-bond donors (Lipinski definition) is 1. The zero-order chi connectivity index (χ0) is 12.5. The largest absolute Gasteiger partial charge is 0.358 e. The van der Waals surface area contributed by atoms with Gasteiger partial charge in [-0.05, 0) is 37.3 Å². The van der Waals surface area contributed by atoms with Crippen molar-refractivity contribution in [2.75, 3.05) is 0 Å². The normalized spacial score (nSPS) is 16.0. The molecule has 0 saturated carbocycles. The summed E-state index contributed by atoms with van der Waals surface area (Å²) in [5.74, 6) is 0. The molecule has 1 aliphatic rings. The fourth-order valence-corrected chi connectivity index (χ4v) is 2.95. The molecular weight excluding hydrogens is 228 g/mol. The van der Waals surface area contributed by atoms with Crippen molar-refractivity contribution in [2.45, 2.75) is 38.5 Å². The van der Waals surface area contributed by atoms with Crippen LogP contribution in [0.25, 0.3) is 10.9 Å². The molecule has 4 heteroatoms. The van der Waals surface area contributed by atoms with E-state index >= 15 is 0 Å². The Bertz CT molecular complexity index is 601. The Labute approximate surface area is 105 Å². The molecule has 1 N–H and O–H groups in total. The predicted octanol–water partition coefficient (Wildman–Crippen LogP) is 3.74. The smallest absolute Gasteiger partial charge is 0.279 e. The quantitative estimate of drug-likeness (QED) is 0.613. The first-order valence-electron chi connectivity index (χ1n) is 6.54. The minimum Gasteiger partial charge on any atom is -0.358 e. The van der Waals surface area contributed by atoms with Crippen molar-refractivity contribution in [1.29, 1.82) is 0 Å². The van der Waals surface area contributed by atoms with E-state index in [0.29, 0.717) is 0 Å². The third kappa shape index (κ3) is 1.78. The SMILES string of the molecule is O=[N+]([O-])c1cccc2[nH]c3c(c12)CCCCCC3. The number of fused-ring (bicyclic) bond motifs is 3. The van der Waals surface area contributed by atoms with E-state index in [4.69, 9.17) is 0 Å². The van der Waals surface area contributed by atoms with Gasteiger partial charge in [-0.1, -0.05) is 18.9 Å². The Kier molecular flexibility index (Phi) is 2.78. The summed E-state index contributed by atoms with van der Waals surface area (Å²) in [7, 11) is 0. The molecule has 0 saturated heterocycles. The van der Waals surface area contributed by atoms with Crippen molar-refractivity contribution in [3.05, 3.63) is 39.6 Å². The van der Waals surface area contributed by atoms with Crippen LogP contribution in [0.15, 0.2) is 18.2 Å². The molecule has 0 bridgehead atoms. The first kappa shape index (κ1) is 11.3. The van der Waals surface area contributed by atoms with Gasteiger partial charge in [-0.3, -0.25) is 10.1 Å². The molecule has 18 heavy (non-hydrogen) atoms. The first-order valence-corrected chi connectivity index (χ1v) is 6.54. The van der Waals surface area contributed by atoms with Gasteiger partial charge in [0.2, 0.25) is 0 Å². The zero-order valence-corrected chi connectivity index (χ0v) is 10.2. The van der Waals surface area contributed by atoms with Crippen LogP contribution in [-0.2, 0) is 12.8 Å². The highest BCUT2D eigenvalue weighted by atomic mass is 16.6. The fraction of sp³-hybridized carbons (Fsp3) is 0.429. The minimum absolute atomic E-state index is 0.241. The number of nitro benzene ring substituents is 1. The van der Waals surface area contributed by atoms with Gasteiger partial charge in [0.15, 0.2) is 0 Å². The number of aromatic amines is 1. The number of rotatable bonds is 1. The van der Waals surface area contributed by atoms with Crippen molar-refractivity contribution in [3.8, 4) is 0 Å². The minimum atomic E-state index is -0.269. The third-order valence-electron chi connectivity index (χ3n) is 3.79. The second kappa shape index (κ2) is 4.44. The van der Waals surface area contributed by atoms with E-state index in [-0.39, 0.29) is 10.6 Å². The fourth-order valence-electron chi connectivity index (χ4n) is 2.95. The van der Waals surface area contributed by atoms with E-state index in [1.165, 1.54) is 30.5 Å². The molecule has 1 aromatic carbocycles. The lowest BCUT2D eigenvalue weighted by Crippen LogP contribution is -1.98. The summed E-state index contributed by atoms with van der Waals surface area (Å²) in [6.45, 7) is 0. The van der Waals surface area contributed by atoms with Crippen molar-refractivity contribution in [2.24, 2.45) is 0 Å². The second-order valence-corrected chi connectivity index (χ2v) is 4.95. The second-order valence-electron chi connectivity index (χ2n) is 4.95. The number of nitro groups is 1. The number of aromatic nitrogens is 1. The summed E-state index contributed by atoms with van der Waals surface area (Å²) in [6, 6.07) is 5.30. The molecule has 1 heterocycles. The lowest BCUT2D eigenvalue weighted by atomic mass is 9.96. The first-order chi connectivity index (χ1) is 8.77. The number of non-ortho nitro benzene ring substituents is 1. The average Bonchev–Trinajstić information content (AvgIpc) is 2.66. The van der Waals surface area contributed by atoms with Gasteiger partial charge < -0.3 is 4.98 Å². The van der Waals surface area contributed by atoms with Crippen LogP contribution in [0.2, 0.25) is 0 Å². The number of nitrogens with zero attached hydrogens (tertiary/aromatic N) is 1. The maximum Gasteiger partial charge on any atom is 0.279 e. The number of benzene rings is 1. The van der Waals surface area contributed by atoms with Crippen LogP contribution < -0.4 is 0 Å². The lowest BCUT2D eigenvalue weighted by molar-refractivity contribution is -0.383. The standard InChI is InChI=1S/C14H16N2O2/c17-16(18)13-9-5-8-12-14(13)10-6-3-1-2-4-7-11(10)15-12/h5,8-9,15H,1-4,6-7H2. The van der Waals surface area contributed by atoms with Crippen molar-refractivity contribution < 1.29 is 4.92 Å². The summed E-state index contributed by atoms with van der Waals surface area (Å²) in [5, 5.41) is 12.0. The van der Waals surface area contributed by atoms with Crippen molar-refractivity contribution in [3.63, 3.8) is 0 Å². The van der Waals surface area contributed by atoms with E-state index in [1.807, 2.05) is 6.07 Å². The van der Waals surface area contributed by atoms with Gasteiger partial charge >= 0.3 is 0 Å². The van der Waals surface area contributed by atoms with E-state index < -0.39 is 0 Å². The number of aryl methyl sites for hydroxylation is 2.